The average molecular weight is 294 g/mol. The SMILES string of the molecule is Cc1nc([C@H]2CCCN(c3ccncn3)C2)cc2cncn12. The number of anilines is 1. The molecule has 6 heteroatoms. The second kappa shape index (κ2) is 5.36. The van der Waals surface area contributed by atoms with E-state index in [0.717, 1.165) is 42.4 Å². The summed E-state index contributed by atoms with van der Waals surface area (Å²) in [6, 6.07) is 4.13. The molecule has 0 amide bonds. The molecule has 22 heavy (non-hydrogen) atoms. The van der Waals surface area contributed by atoms with Gasteiger partial charge in [0.05, 0.1) is 11.7 Å². The van der Waals surface area contributed by atoms with Crippen molar-refractivity contribution in [3.63, 3.8) is 0 Å². The van der Waals surface area contributed by atoms with Gasteiger partial charge in [0.1, 0.15) is 24.3 Å². The molecule has 0 saturated carbocycles. The molecule has 0 radical (unpaired) electrons. The van der Waals surface area contributed by atoms with Gasteiger partial charge in [0, 0.05) is 30.9 Å². The van der Waals surface area contributed by atoms with Gasteiger partial charge in [-0.05, 0) is 31.9 Å². The average Bonchev–Trinajstić information content (AvgIpc) is 3.05. The van der Waals surface area contributed by atoms with E-state index >= 15 is 0 Å². The number of fused-ring (bicyclic) bond motifs is 1. The van der Waals surface area contributed by atoms with Gasteiger partial charge in [-0.3, -0.25) is 4.40 Å². The molecule has 0 aromatic carbocycles. The van der Waals surface area contributed by atoms with Crippen molar-refractivity contribution in [2.75, 3.05) is 18.0 Å². The molecule has 0 unspecified atom stereocenters. The summed E-state index contributed by atoms with van der Waals surface area (Å²) in [5, 5.41) is 0. The smallest absolute Gasteiger partial charge is 0.131 e. The third-order valence-electron chi connectivity index (χ3n) is 4.33. The largest absolute Gasteiger partial charge is 0.356 e. The molecular weight excluding hydrogens is 276 g/mol. The number of imidazole rings is 1. The molecule has 1 atom stereocenters. The van der Waals surface area contributed by atoms with Crippen molar-refractivity contribution in [1.82, 2.24) is 24.3 Å². The van der Waals surface area contributed by atoms with Gasteiger partial charge in [-0.2, -0.15) is 0 Å². The van der Waals surface area contributed by atoms with Crippen LogP contribution in [0.15, 0.2) is 37.2 Å². The first-order valence-corrected chi connectivity index (χ1v) is 7.62. The van der Waals surface area contributed by atoms with E-state index in [-0.39, 0.29) is 0 Å². The fourth-order valence-electron chi connectivity index (χ4n) is 3.21. The summed E-state index contributed by atoms with van der Waals surface area (Å²) in [6.07, 6.45) is 9.43. The van der Waals surface area contributed by atoms with Crippen LogP contribution in [0.5, 0.6) is 0 Å². The lowest BCUT2D eigenvalue weighted by molar-refractivity contribution is 0.497. The highest BCUT2D eigenvalue weighted by molar-refractivity contribution is 5.47. The molecule has 112 valence electrons. The number of rotatable bonds is 2. The van der Waals surface area contributed by atoms with Crippen LogP contribution in [0, 0.1) is 6.92 Å². The Balaban J connectivity index is 1.63. The second-order valence-corrected chi connectivity index (χ2v) is 5.77. The molecular formula is C16H18N6. The van der Waals surface area contributed by atoms with Crippen molar-refractivity contribution < 1.29 is 0 Å². The molecule has 6 nitrogen and oxygen atoms in total. The normalized spacial score (nSPS) is 18.8. The highest BCUT2D eigenvalue weighted by Gasteiger charge is 2.24. The highest BCUT2D eigenvalue weighted by atomic mass is 15.2. The van der Waals surface area contributed by atoms with Crippen molar-refractivity contribution in [3.05, 3.63) is 48.7 Å². The van der Waals surface area contributed by atoms with Crippen LogP contribution in [0.3, 0.4) is 0 Å². The monoisotopic (exact) mass is 294 g/mol. The first-order valence-electron chi connectivity index (χ1n) is 7.62. The minimum absolute atomic E-state index is 0.433. The Bertz CT molecular complexity index is 782. The van der Waals surface area contributed by atoms with Gasteiger partial charge in [0.25, 0.3) is 0 Å². The van der Waals surface area contributed by atoms with Crippen molar-refractivity contribution in [2.24, 2.45) is 0 Å². The summed E-state index contributed by atoms with van der Waals surface area (Å²) >= 11 is 0. The number of piperidine rings is 1. The summed E-state index contributed by atoms with van der Waals surface area (Å²) in [5.74, 6) is 2.42. The Morgan fingerprint density at radius 3 is 3.09 bits per heavy atom. The molecule has 0 spiro atoms. The molecule has 1 aliphatic heterocycles. The molecule has 1 saturated heterocycles. The van der Waals surface area contributed by atoms with Gasteiger partial charge in [-0.15, -0.1) is 0 Å². The molecule has 1 aliphatic rings. The fraction of sp³-hybridized carbons (Fsp3) is 0.375. The van der Waals surface area contributed by atoms with Gasteiger partial charge >= 0.3 is 0 Å². The molecule has 0 N–H and O–H groups in total. The van der Waals surface area contributed by atoms with Crippen LogP contribution in [-0.2, 0) is 0 Å². The number of nitrogens with zero attached hydrogens (tertiary/aromatic N) is 6. The summed E-state index contributed by atoms with van der Waals surface area (Å²) in [6.45, 7) is 4.03. The number of hydrogen-bond donors (Lipinski definition) is 0. The first kappa shape index (κ1) is 13.2. The lowest BCUT2D eigenvalue weighted by Crippen LogP contribution is -2.35. The Labute approximate surface area is 128 Å². The zero-order valence-electron chi connectivity index (χ0n) is 12.6. The van der Waals surface area contributed by atoms with Crippen LogP contribution in [0.1, 0.15) is 30.3 Å². The number of aromatic nitrogens is 5. The first-order chi connectivity index (χ1) is 10.8. The van der Waals surface area contributed by atoms with Crippen LogP contribution in [0.25, 0.3) is 5.52 Å². The summed E-state index contributed by atoms with van der Waals surface area (Å²) < 4.78 is 2.02. The third-order valence-corrected chi connectivity index (χ3v) is 4.33. The number of aryl methyl sites for hydroxylation is 1. The lowest BCUT2D eigenvalue weighted by atomic mass is 9.94. The van der Waals surface area contributed by atoms with Crippen LogP contribution in [0.4, 0.5) is 5.82 Å². The van der Waals surface area contributed by atoms with Crippen molar-refractivity contribution in [1.29, 1.82) is 0 Å². The van der Waals surface area contributed by atoms with E-state index in [4.69, 9.17) is 4.98 Å². The third kappa shape index (κ3) is 2.30. The van der Waals surface area contributed by atoms with E-state index < -0.39 is 0 Å². The second-order valence-electron chi connectivity index (χ2n) is 5.77. The lowest BCUT2D eigenvalue weighted by Gasteiger charge is -2.33. The van der Waals surface area contributed by atoms with Gasteiger partial charge in [0.15, 0.2) is 0 Å². The van der Waals surface area contributed by atoms with Crippen LogP contribution in [-0.4, -0.2) is 37.4 Å². The fourth-order valence-corrected chi connectivity index (χ4v) is 3.21. The Kier molecular flexibility index (Phi) is 3.21. The van der Waals surface area contributed by atoms with Gasteiger partial charge in [0.2, 0.25) is 0 Å². The summed E-state index contributed by atoms with van der Waals surface area (Å²) in [7, 11) is 0. The Morgan fingerprint density at radius 2 is 2.23 bits per heavy atom. The summed E-state index contributed by atoms with van der Waals surface area (Å²) in [5.41, 5.74) is 2.27. The molecule has 3 aromatic rings. The molecule has 4 heterocycles. The predicted octanol–water partition coefficient (Wildman–Crippen LogP) is 2.21. The maximum atomic E-state index is 4.79. The van der Waals surface area contributed by atoms with Gasteiger partial charge < -0.3 is 4.90 Å². The van der Waals surface area contributed by atoms with E-state index in [2.05, 4.69) is 25.9 Å². The molecule has 4 rings (SSSR count). The van der Waals surface area contributed by atoms with E-state index in [1.54, 1.807) is 12.5 Å². The molecule has 0 bridgehead atoms. The minimum atomic E-state index is 0.433. The maximum absolute atomic E-state index is 4.79. The Morgan fingerprint density at radius 1 is 1.27 bits per heavy atom. The van der Waals surface area contributed by atoms with Gasteiger partial charge in [-0.1, -0.05) is 0 Å². The predicted molar refractivity (Wildman–Crippen MR) is 83.9 cm³/mol. The van der Waals surface area contributed by atoms with Crippen molar-refractivity contribution in [2.45, 2.75) is 25.7 Å². The quantitative estimate of drug-likeness (QED) is 0.725. The van der Waals surface area contributed by atoms with Crippen molar-refractivity contribution in [3.8, 4) is 0 Å². The van der Waals surface area contributed by atoms with Crippen LogP contribution < -0.4 is 4.90 Å². The van der Waals surface area contributed by atoms with E-state index in [1.165, 1.54) is 6.42 Å². The van der Waals surface area contributed by atoms with E-state index in [0.29, 0.717) is 5.92 Å². The van der Waals surface area contributed by atoms with Crippen LogP contribution >= 0.6 is 0 Å². The minimum Gasteiger partial charge on any atom is -0.356 e. The Hall–Kier alpha value is -2.50. The van der Waals surface area contributed by atoms with E-state index in [1.807, 2.05) is 29.9 Å². The topological polar surface area (TPSA) is 59.2 Å². The molecule has 1 fully saturated rings. The summed E-state index contributed by atoms with van der Waals surface area (Å²) in [4.78, 5) is 19.7. The zero-order chi connectivity index (χ0) is 14.9. The maximum Gasteiger partial charge on any atom is 0.131 e. The van der Waals surface area contributed by atoms with Crippen LogP contribution in [0.2, 0.25) is 0 Å². The zero-order valence-corrected chi connectivity index (χ0v) is 12.6. The molecule has 3 aromatic heterocycles. The van der Waals surface area contributed by atoms with Gasteiger partial charge in [-0.25, -0.2) is 19.9 Å². The molecule has 0 aliphatic carbocycles. The van der Waals surface area contributed by atoms with Crippen molar-refractivity contribution >= 4 is 11.3 Å². The number of hydrogen-bond acceptors (Lipinski definition) is 5. The van der Waals surface area contributed by atoms with E-state index in [9.17, 15) is 0 Å². The highest BCUT2D eigenvalue weighted by Crippen LogP contribution is 2.28. The standard InChI is InChI=1S/C16H18N6/c1-12-20-15(7-14-8-18-11-22(12)14)13-3-2-6-21(9-13)16-4-5-17-10-19-16/h4-5,7-8,10-11,13H,2-3,6,9H2,1H3/t13-/m0/s1.